The van der Waals surface area contributed by atoms with Gasteiger partial charge in [0.15, 0.2) is 0 Å². The number of aromatic amines is 1. The van der Waals surface area contributed by atoms with Crippen molar-refractivity contribution in [1.29, 1.82) is 0 Å². The van der Waals surface area contributed by atoms with Crippen LogP contribution in [0.4, 0.5) is 0 Å². The fraction of sp³-hybridized carbons (Fsp3) is 0.400. The SMILES string of the molecule is CN(CC1CCC1)C(=O)c1[nH]ncc1-c1ccncc1. The van der Waals surface area contributed by atoms with Gasteiger partial charge in [0.2, 0.25) is 0 Å². The topological polar surface area (TPSA) is 61.9 Å². The first kappa shape index (κ1) is 12.8. The molecule has 104 valence electrons. The summed E-state index contributed by atoms with van der Waals surface area (Å²) in [5.41, 5.74) is 2.34. The van der Waals surface area contributed by atoms with E-state index in [0.717, 1.165) is 17.7 Å². The number of hydrogen-bond acceptors (Lipinski definition) is 3. The Balaban J connectivity index is 1.80. The van der Waals surface area contributed by atoms with E-state index < -0.39 is 0 Å². The second-order valence-electron chi connectivity index (χ2n) is 5.38. The van der Waals surface area contributed by atoms with Gasteiger partial charge in [0.1, 0.15) is 5.69 Å². The first-order valence-electron chi connectivity index (χ1n) is 6.95. The molecule has 1 aliphatic carbocycles. The van der Waals surface area contributed by atoms with Gasteiger partial charge in [-0.05, 0) is 36.5 Å². The van der Waals surface area contributed by atoms with Gasteiger partial charge < -0.3 is 4.90 Å². The van der Waals surface area contributed by atoms with Gasteiger partial charge in [-0.25, -0.2) is 0 Å². The summed E-state index contributed by atoms with van der Waals surface area (Å²) >= 11 is 0. The maximum atomic E-state index is 12.5. The molecule has 0 bridgehead atoms. The van der Waals surface area contributed by atoms with Crippen LogP contribution in [-0.2, 0) is 0 Å². The van der Waals surface area contributed by atoms with Crippen molar-refractivity contribution < 1.29 is 4.79 Å². The van der Waals surface area contributed by atoms with Crippen LogP contribution in [0.1, 0.15) is 29.8 Å². The van der Waals surface area contributed by atoms with Gasteiger partial charge in [-0.15, -0.1) is 0 Å². The Kier molecular flexibility index (Phi) is 3.50. The molecule has 0 aliphatic heterocycles. The largest absolute Gasteiger partial charge is 0.340 e. The Morgan fingerprint density at radius 2 is 2.15 bits per heavy atom. The van der Waals surface area contributed by atoms with Gasteiger partial charge in [0.05, 0.1) is 6.20 Å². The highest BCUT2D eigenvalue weighted by atomic mass is 16.2. The van der Waals surface area contributed by atoms with Crippen molar-refractivity contribution in [1.82, 2.24) is 20.1 Å². The number of carbonyl (C=O) groups excluding carboxylic acids is 1. The Hall–Kier alpha value is -2.17. The number of pyridine rings is 1. The minimum Gasteiger partial charge on any atom is -0.340 e. The molecule has 0 aromatic carbocycles. The molecule has 1 amide bonds. The van der Waals surface area contributed by atoms with Gasteiger partial charge in [-0.1, -0.05) is 6.42 Å². The minimum atomic E-state index is 0.00112. The van der Waals surface area contributed by atoms with Crippen molar-refractivity contribution in [3.05, 3.63) is 36.4 Å². The Bertz CT molecular complexity index is 589. The summed E-state index contributed by atoms with van der Waals surface area (Å²) in [4.78, 5) is 18.3. The third-order valence-corrected chi connectivity index (χ3v) is 3.95. The molecule has 5 nitrogen and oxygen atoms in total. The maximum absolute atomic E-state index is 12.5. The Labute approximate surface area is 118 Å². The van der Waals surface area contributed by atoms with Gasteiger partial charge in [-0.3, -0.25) is 14.9 Å². The van der Waals surface area contributed by atoms with Crippen LogP contribution < -0.4 is 0 Å². The number of aromatic nitrogens is 3. The van der Waals surface area contributed by atoms with Crippen molar-refractivity contribution in [2.75, 3.05) is 13.6 Å². The van der Waals surface area contributed by atoms with Crippen LogP contribution in [0.2, 0.25) is 0 Å². The second-order valence-corrected chi connectivity index (χ2v) is 5.38. The molecule has 1 fully saturated rings. The molecule has 2 aromatic rings. The smallest absolute Gasteiger partial charge is 0.272 e. The summed E-state index contributed by atoms with van der Waals surface area (Å²) in [5.74, 6) is 0.664. The van der Waals surface area contributed by atoms with E-state index in [-0.39, 0.29) is 5.91 Å². The predicted molar refractivity (Wildman–Crippen MR) is 76.1 cm³/mol. The molecule has 2 heterocycles. The lowest BCUT2D eigenvalue weighted by Crippen LogP contribution is -2.34. The van der Waals surface area contributed by atoms with Crippen molar-refractivity contribution in [2.24, 2.45) is 5.92 Å². The lowest BCUT2D eigenvalue weighted by atomic mass is 9.85. The minimum absolute atomic E-state index is 0.00112. The number of nitrogens with one attached hydrogen (secondary N) is 1. The van der Waals surface area contributed by atoms with Gasteiger partial charge >= 0.3 is 0 Å². The van der Waals surface area contributed by atoms with Crippen LogP contribution in [0.3, 0.4) is 0 Å². The highest BCUT2D eigenvalue weighted by molar-refractivity contribution is 5.98. The highest BCUT2D eigenvalue weighted by Crippen LogP contribution is 2.28. The van der Waals surface area contributed by atoms with Crippen LogP contribution in [0.25, 0.3) is 11.1 Å². The molecule has 0 atom stereocenters. The van der Waals surface area contributed by atoms with E-state index in [0.29, 0.717) is 11.6 Å². The zero-order chi connectivity index (χ0) is 13.9. The quantitative estimate of drug-likeness (QED) is 0.927. The zero-order valence-corrected chi connectivity index (χ0v) is 11.5. The van der Waals surface area contributed by atoms with Gasteiger partial charge in [0.25, 0.3) is 5.91 Å². The normalized spacial score (nSPS) is 14.8. The van der Waals surface area contributed by atoms with Crippen LogP contribution in [-0.4, -0.2) is 39.6 Å². The number of nitrogens with zero attached hydrogens (tertiary/aromatic N) is 3. The molecule has 1 aliphatic rings. The fourth-order valence-corrected chi connectivity index (χ4v) is 2.54. The molecule has 0 spiro atoms. The van der Waals surface area contributed by atoms with E-state index in [4.69, 9.17) is 0 Å². The molecule has 3 rings (SSSR count). The molecular weight excluding hydrogens is 252 g/mol. The van der Waals surface area contributed by atoms with E-state index in [1.807, 2.05) is 19.2 Å². The summed E-state index contributed by atoms with van der Waals surface area (Å²) in [7, 11) is 1.86. The van der Waals surface area contributed by atoms with E-state index in [9.17, 15) is 4.79 Å². The average Bonchev–Trinajstić information content (AvgIpc) is 2.92. The van der Waals surface area contributed by atoms with E-state index >= 15 is 0 Å². The number of H-pyrrole nitrogens is 1. The molecule has 0 saturated heterocycles. The van der Waals surface area contributed by atoms with E-state index in [2.05, 4.69) is 15.2 Å². The summed E-state index contributed by atoms with van der Waals surface area (Å²) in [6.07, 6.45) is 8.89. The number of rotatable bonds is 4. The monoisotopic (exact) mass is 270 g/mol. The molecule has 0 radical (unpaired) electrons. The average molecular weight is 270 g/mol. The third-order valence-electron chi connectivity index (χ3n) is 3.95. The van der Waals surface area contributed by atoms with Gasteiger partial charge in [0, 0.05) is 31.5 Å². The van der Waals surface area contributed by atoms with Crippen molar-refractivity contribution in [2.45, 2.75) is 19.3 Å². The molecule has 1 saturated carbocycles. The molecule has 20 heavy (non-hydrogen) atoms. The third kappa shape index (κ3) is 2.43. The fourth-order valence-electron chi connectivity index (χ4n) is 2.54. The van der Waals surface area contributed by atoms with Crippen LogP contribution in [0.15, 0.2) is 30.7 Å². The zero-order valence-electron chi connectivity index (χ0n) is 11.5. The van der Waals surface area contributed by atoms with Crippen molar-refractivity contribution >= 4 is 5.91 Å². The van der Waals surface area contributed by atoms with Crippen LogP contribution in [0.5, 0.6) is 0 Å². The summed E-state index contributed by atoms with van der Waals surface area (Å²) in [6.45, 7) is 0.827. The second kappa shape index (κ2) is 5.45. The molecule has 5 heteroatoms. The lowest BCUT2D eigenvalue weighted by Gasteiger charge is -2.30. The lowest BCUT2D eigenvalue weighted by molar-refractivity contribution is 0.0740. The molecule has 0 unspecified atom stereocenters. The summed E-state index contributed by atoms with van der Waals surface area (Å²) in [6, 6.07) is 3.77. The van der Waals surface area contributed by atoms with Crippen LogP contribution >= 0.6 is 0 Å². The Morgan fingerprint density at radius 3 is 2.80 bits per heavy atom. The molecule has 1 N–H and O–H groups in total. The first-order chi connectivity index (χ1) is 9.75. The van der Waals surface area contributed by atoms with Crippen LogP contribution in [0, 0.1) is 5.92 Å². The highest BCUT2D eigenvalue weighted by Gasteiger charge is 2.24. The number of amides is 1. The molecule has 2 aromatic heterocycles. The molecular formula is C15H18N4O. The van der Waals surface area contributed by atoms with Crippen molar-refractivity contribution in [3.63, 3.8) is 0 Å². The van der Waals surface area contributed by atoms with Gasteiger partial charge in [-0.2, -0.15) is 5.10 Å². The van der Waals surface area contributed by atoms with E-state index in [1.54, 1.807) is 23.5 Å². The first-order valence-corrected chi connectivity index (χ1v) is 6.95. The standard InChI is InChI=1S/C15H18N4O/c1-19(10-11-3-2-4-11)15(20)14-13(9-17-18-14)12-5-7-16-8-6-12/h5-9,11H,2-4,10H2,1H3,(H,17,18). The number of hydrogen-bond donors (Lipinski definition) is 1. The summed E-state index contributed by atoms with van der Waals surface area (Å²) < 4.78 is 0. The predicted octanol–water partition coefficient (Wildman–Crippen LogP) is 2.34. The Morgan fingerprint density at radius 1 is 1.40 bits per heavy atom. The van der Waals surface area contributed by atoms with E-state index in [1.165, 1.54) is 19.3 Å². The number of carbonyl (C=O) groups is 1. The summed E-state index contributed by atoms with van der Waals surface area (Å²) in [5, 5.41) is 6.85. The van der Waals surface area contributed by atoms with Crippen molar-refractivity contribution in [3.8, 4) is 11.1 Å². The maximum Gasteiger partial charge on any atom is 0.272 e.